The van der Waals surface area contributed by atoms with Gasteiger partial charge in [0.05, 0.1) is 13.7 Å². The van der Waals surface area contributed by atoms with E-state index in [1.165, 1.54) is 11.1 Å². The Balaban J connectivity index is 1.72. The fourth-order valence-electron chi connectivity index (χ4n) is 4.69. The molecule has 0 radical (unpaired) electrons. The second-order valence-corrected chi connectivity index (χ2v) is 7.91. The molecule has 2 aliphatic heterocycles. The molecule has 0 aromatic heterocycles. The van der Waals surface area contributed by atoms with Crippen molar-refractivity contribution in [3.63, 3.8) is 0 Å². The lowest BCUT2D eigenvalue weighted by Gasteiger charge is -2.29. The number of benzene rings is 2. The third kappa shape index (κ3) is 4.10. The zero-order chi connectivity index (χ0) is 20.2. The predicted octanol–water partition coefficient (Wildman–Crippen LogP) is 3.91. The molecule has 2 atom stereocenters. The second kappa shape index (κ2) is 8.87. The molecule has 0 aliphatic carbocycles. The van der Waals surface area contributed by atoms with E-state index >= 15 is 0 Å². The van der Waals surface area contributed by atoms with Gasteiger partial charge in [-0.3, -0.25) is 4.79 Å². The van der Waals surface area contributed by atoms with Gasteiger partial charge in [0.15, 0.2) is 11.5 Å². The van der Waals surface area contributed by atoms with Crippen LogP contribution in [0.5, 0.6) is 11.5 Å². The summed E-state index contributed by atoms with van der Waals surface area (Å²) in [5.41, 5.74) is 3.51. The highest BCUT2D eigenvalue weighted by Gasteiger charge is 2.39. The minimum atomic E-state index is 0.101. The van der Waals surface area contributed by atoms with Crippen molar-refractivity contribution >= 4 is 11.6 Å². The van der Waals surface area contributed by atoms with Gasteiger partial charge in [-0.1, -0.05) is 24.3 Å². The number of nitrogens with zero attached hydrogens (tertiary/aromatic N) is 1. The van der Waals surface area contributed by atoms with Crippen LogP contribution in [-0.4, -0.2) is 38.8 Å². The lowest BCUT2D eigenvalue weighted by molar-refractivity contribution is -0.117. The molecule has 154 valence electrons. The number of hydrogen-bond acceptors (Lipinski definition) is 4. The van der Waals surface area contributed by atoms with Gasteiger partial charge in [-0.15, -0.1) is 0 Å². The molecule has 0 spiro atoms. The number of hydrogen-bond donors (Lipinski definition) is 1. The molecule has 1 N–H and O–H groups in total. The number of fused-ring (bicyclic) bond motifs is 5. The van der Waals surface area contributed by atoms with Crippen LogP contribution in [0.3, 0.4) is 0 Å². The maximum absolute atomic E-state index is 12.6. The Morgan fingerprint density at radius 3 is 2.86 bits per heavy atom. The maximum Gasteiger partial charge on any atom is 0.224 e. The van der Waals surface area contributed by atoms with Crippen molar-refractivity contribution in [3.8, 4) is 11.5 Å². The molecule has 0 unspecified atom stereocenters. The Labute approximate surface area is 173 Å². The number of rotatable bonds is 1. The van der Waals surface area contributed by atoms with E-state index in [-0.39, 0.29) is 11.9 Å². The molecule has 0 saturated carbocycles. The number of nitrogens with one attached hydrogen (secondary N) is 1. The van der Waals surface area contributed by atoms with Gasteiger partial charge < -0.3 is 19.7 Å². The molecular weight excluding hydrogens is 364 g/mol. The van der Waals surface area contributed by atoms with Crippen LogP contribution in [0, 0.1) is 0 Å². The number of carbonyl (C=O) groups is 1. The minimum Gasteiger partial charge on any atom is -0.493 e. The smallest absolute Gasteiger partial charge is 0.224 e. The highest BCUT2D eigenvalue weighted by Crippen LogP contribution is 2.44. The van der Waals surface area contributed by atoms with Gasteiger partial charge in [0.25, 0.3) is 0 Å². The van der Waals surface area contributed by atoms with E-state index in [0.29, 0.717) is 12.5 Å². The quantitative estimate of drug-likeness (QED) is 0.797. The standard InChI is InChI=1S/C24H30N2O3/c1-17(27)26-21-8-4-3-7-19(21)20-11-13-25-12-5-6-14-29-24-16-18(15-22(20)26)9-10-23(24)28-2/h3-4,7-10,16,20,22,25H,5-6,11-15H2,1-2H3/t20-,22-/m1/s1. The molecule has 2 aliphatic rings. The van der Waals surface area contributed by atoms with Crippen LogP contribution in [0.1, 0.15) is 43.2 Å². The van der Waals surface area contributed by atoms with E-state index in [9.17, 15) is 4.79 Å². The second-order valence-electron chi connectivity index (χ2n) is 7.91. The lowest BCUT2D eigenvalue weighted by Crippen LogP contribution is -2.40. The van der Waals surface area contributed by atoms with Gasteiger partial charge in [-0.25, -0.2) is 0 Å². The van der Waals surface area contributed by atoms with Crippen LogP contribution in [-0.2, 0) is 11.2 Å². The molecule has 5 nitrogen and oxygen atoms in total. The maximum atomic E-state index is 12.6. The van der Waals surface area contributed by atoms with Crippen LogP contribution in [0.2, 0.25) is 0 Å². The largest absolute Gasteiger partial charge is 0.493 e. The summed E-state index contributed by atoms with van der Waals surface area (Å²) >= 11 is 0. The minimum absolute atomic E-state index is 0.101. The topological polar surface area (TPSA) is 50.8 Å². The summed E-state index contributed by atoms with van der Waals surface area (Å²) in [4.78, 5) is 14.6. The van der Waals surface area contributed by atoms with Crippen molar-refractivity contribution in [2.45, 2.75) is 44.6 Å². The monoisotopic (exact) mass is 394 g/mol. The summed E-state index contributed by atoms with van der Waals surface area (Å²) in [6.45, 7) is 4.29. The van der Waals surface area contributed by atoms with Crippen molar-refractivity contribution in [2.24, 2.45) is 0 Å². The summed E-state index contributed by atoms with van der Waals surface area (Å²) in [7, 11) is 1.67. The highest BCUT2D eigenvalue weighted by molar-refractivity contribution is 5.95. The molecule has 0 fully saturated rings. The summed E-state index contributed by atoms with van der Waals surface area (Å²) in [6, 6.07) is 14.6. The van der Waals surface area contributed by atoms with Gasteiger partial charge in [-0.05, 0) is 68.1 Å². The number of carbonyl (C=O) groups excluding carboxylic acids is 1. The summed E-state index contributed by atoms with van der Waals surface area (Å²) in [5, 5.41) is 3.57. The van der Waals surface area contributed by atoms with E-state index in [1.54, 1.807) is 14.0 Å². The first kappa shape index (κ1) is 19.8. The molecule has 0 saturated heterocycles. The SMILES string of the molecule is COc1ccc2cc1OCCCCNCC[C@@H]1c3ccccc3N(C(C)=O)[C@@H]1C2. The van der Waals surface area contributed by atoms with Gasteiger partial charge in [0.2, 0.25) is 5.91 Å². The Morgan fingerprint density at radius 1 is 1.17 bits per heavy atom. The molecule has 4 rings (SSSR count). The van der Waals surface area contributed by atoms with Gasteiger partial charge in [-0.2, -0.15) is 0 Å². The zero-order valence-corrected chi connectivity index (χ0v) is 17.3. The molecule has 5 heteroatoms. The van der Waals surface area contributed by atoms with Crippen molar-refractivity contribution in [3.05, 3.63) is 53.6 Å². The molecule has 2 heterocycles. The van der Waals surface area contributed by atoms with Gasteiger partial charge >= 0.3 is 0 Å². The number of ether oxygens (including phenoxy) is 2. The fraction of sp³-hybridized carbons (Fsp3) is 0.458. The lowest BCUT2D eigenvalue weighted by atomic mass is 9.88. The van der Waals surface area contributed by atoms with E-state index in [2.05, 4.69) is 35.6 Å². The number of amides is 1. The Kier molecular flexibility index (Phi) is 6.05. The van der Waals surface area contributed by atoms with Crippen LogP contribution >= 0.6 is 0 Å². The van der Waals surface area contributed by atoms with Crippen molar-refractivity contribution in [2.75, 3.05) is 31.7 Å². The van der Waals surface area contributed by atoms with Crippen LogP contribution in [0.15, 0.2) is 42.5 Å². The molecule has 29 heavy (non-hydrogen) atoms. The van der Waals surface area contributed by atoms with E-state index in [1.807, 2.05) is 17.0 Å². The Hall–Kier alpha value is -2.53. The Bertz CT molecular complexity index is 867. The summed E-state index contributed by atoms with van der Waals surface area (Å²) in [5.74, 6) is 1.96. The van der Waals surface area contributed by atoms with E-state index in [4.69, 9.17) is 9.47 Å². The average molecular weight is 395 g/mol. The predicted molar refractivity (Wildman–Crippen MR) is 115 cm³/mol. The van der Waals surface area contributed by atoms with Crippen molar-refractivity contribution in [1.29, 1.82) is 0 Å². The van der Waals surface area contributed by atoms with Gasteiger partial charge in [0, 0.05) is 24.6 Å². The van der Waals surface area contributed by atoms with E-state index in [0.717, 1.165) is 56.0 Å². The summed E-state index contributed by atoms with van der Waals surface area (Å²) in [6.07, 6.45) is 3.89. The van der Waals surface area contributed by atoms with Crippen LogP contribution in [0.4, 0.5) is 5.69 Å². The normalized spacial score (nSPS) is 22.1. The third-order valence-electron chi connectivity index (χ3n) is 6.04. The molecule has 2 bridgehead atoms. The number of para-hydroxylation sites is 1. The number of methoxy groups -OCH3 is 1. The number of anilines is 1. The van der Waals surface area contributed by atoms with Crippen LogP contribution < -0.4 is 19.7 Å². The molecular formula is C24H30N2O3. The van der Waals surface area contributed by atoms with Crippen LogP contribution in [0.25, 0.3) is 0 Å². The fourth-order valence-corrected chi connectivity index (χ4v) is 4.69. The third-order valence-corrected chi connectivity index (χ3v) is 6.04. The first-order chi connectivity index (χ1) is 14.2. The van der Waals surface area contributed by atoms with Gasteiger partial charge in [0.1, 0.15) is 0 Å². The van der Waals surface area contributed by atoms with Crippen molar-refractivity contribution < 1.29 is 14.3 Å². The zero-order valence-electron chi connectivity index (χ0n) is 17.3. The van der Waals surface area contributed by atoms with Crippen molar-refractivity contribution in [1.82, 2.24) is 5.32 Å². The first-order valence-corrected chi connectivity index (χ1v) is 10.6. The highest BCUT2D eigenvalue weighted by atomic mass is 16.5. The molecule has 2 aromatic rings. The van der Waals surface area contributed by atoms with E-state index < -0.39 is 0 Å². The Morgan fingerprint density at radius 2 is 2.03 bits per heavy atom. The summed E-state index contributed by atoms with van der Waals surface area (Å²) < 4.78 is 11.5. The first-order valence-electron chi connectivity index (χ1n) is 10.6. The average Bonchev–Trinajstić information content (AvgIpc) is 3.03. The molecule has 2 aromatic carbocycles. The molecule has 1 amide bonds.